The number of thiazole rings is 1. The van der Waals surface area contributed by atoms with Crippen molar-refractivity contribution in [3.8, 4) is 0 Å². The van der Waals surface area contributed by atoms with Crippen LogP contribution in [0.2, 0.25) is 0 Å². The molecular weight excluding hydrogens is 244 g/mol. The van der Waals surface area contributed by atoms with E-state index in [-0.39, 0.29) is 0 Å². The van der Waals surface area contributed by atoms with Crippen molar-refractivity contribution in [2.75, 3.05) is 13.2 Å². The number of nitrogens with zero attached hydrogens (tertiary/aromatic N) is 1. The van der Waals surface area contributed by atoms with E-state index in [1.54, 1.807) is 11.3 Å². The molecular formula is C14H24N2OS. The number of hydrogen-bond acceptors (Lipinski definition) is 4. The van der Waals surface area contributed by atoms with Gasteiger partial charge in [0, 0.05) is 17.5 Å². The lowest BCUT2D eigenvalue weighted by Crippen LogP contribution is -2.25. The second-order valence-electron chi connectivity index (χ2n) is 5.13. The fraction of sp³-hybridized carbons (Fsp3) is 0.786. The van der Waals surface area contributed by atoms with E-state index in [0.717, 1.165) is 18.2 Å². The minimum Gasteiger partial charge on any atom is -0.377 e. The summed E-state index contributed by atoms with van der Waals surface area (Å²) in [7, 11) is 0. The smallest absolute Gasteiger partial charge is 0.0900 e. The number of rotatable bonds is 6. The molecule has 2 rings (SSSR count). The first-order valence-electron chi connectivity index (χ1n) is 6.95. The molecule has 1 N–H and O–H groups in total. The first-order chi connectivity index (χ1) is 8.66. The van der Waals surface area contributed by atoms with Crippen molar-refractivity contribution in [2.24, 2.45) is 0 Å². The summed E-state index contributed by atoms with van der Waals surface area (Å²) in [6.45, 7) is 8.12. The summed E-state index contributed by atoms with van der Waals surface area (Å²) in [6, 6.07) is 0.321. The van der Waals surface area contributed by atoms with Gasteiger partial charge in [-0.15, -0.1) is 11.3 Å². The zero-order chi connectivity index (χ0) is 13.0. The Morgan fingerprint density at radius 2 is 2.11 bits per heavy atom. The molecule has 0 radical (unpaired) electrons. The molecule has 4 heteroatoms. The molecule has 102 valence electrons. The van der Waals surface area contributed by atoms with Crippen LogP contribution in [-0.2, 0) is 4.74 Å². The molecule has 1 aromatic rings. The fourth-order valence-corrected chi connectivity index (χ4v) is 3.51. The Labute approximate surface area is 114 Å². The van der Waals surface area contributed by atoms with Gasteiger partial charge in [0.15, 0.2) is 0 Å². The van der Waals surface area contributed by atoms with Gasteiger partial charge in [0.1, 0.15) is 0 Å². The van der Waals surface area contributed by atoms with Crippen LogP contribution >= 0.6 is 11.3 Å². The van der Waals surface area contributed by atoms with Crippen LogP contribution in [0.1, 0.15) is 54.2 Å². The topological polar surface area (TPSA) is 34.2 Å². The van der Waals surface area contributed by atoms with E-state index in [4.69, 9.17) is 4.74 Å². The van der Waals surface area contributed by atoms with E-state index in [1.807, 2.05) is 0 Å². The number of aromatic nitrogens is 1. The molecule has 1 aliphatic rings. The van der Waals surface area contributed by atoms with E-state index in [0.29, 0.717) is 12.1 Å². The first-order valence-corrected chi connectivity index (χ1v) is 7.77. The molecule has 1 saturated carbocycles. The van der Waals surface area contributed by atoms with Crippen molar-refractivity contribution in [1.29, 1.82) is 0 Å². The van der Waals surface area contributed by atoms with Crippen LogP contribution in [0.15, 0.2) is 0 Å². The Hall–Kier alpha value is -0.450. The van der Waals surface area contributed by atoms with Crippen LogP contribution in [0.25, 0.3) is 0 Å². The van der Waals surface area contributed by atoms with Crippen LogP contribution in [0.5, 0.6) is 0 Å². The molecule has 0 saturated heterocycles. The standard InChI is InChI=1S/C14H24N2OS/c1-10(14-11(2)18-12(3)16-14)15-8-9-17-13-6-4-5-7-13/h10,13,15H,4-9H2,1-3H3. The van der Waals surface area contributed by atoms with Crippen molar-refractivity contribution in [1.82, 2.24) is 10.3 Å². The molecule has 3 nitrogen and oxygen atoms in total. The molecule has 0 bridgehead atoms. The third-order valence-corrected chi connectivity index (χ3v) is 4.46. The summed E-state index contributed by atoms with van der Waals surface area (Å²) < 4.78 is 5.84. The lowest BCUT2D eigenvalue weighted by atomic mass is 10.2. The molecule has 0 aromatic carbocycles. The second kappa shape index (κ2) is 6.64. The largest absolute Gasteiger partial charge is 0.377 e. The van der Waals surface area contributed by atoms with Crippen molar-refractivity contribution in [3.05, 3.63) is 15.6 Å². The highest BCUT2D eigenvalue weighted by molar-refractivity contribution is 7.11. The summed E-state index contributed by atoms with van der Waals surface area (Å²) in [5.41, 5.74) is 1.19. The Kier molecular flexibility index (Phi) is 5.15. The monoisotopic (exact) mass is 268 g/mol. The number of ether oxygens (including phenoxy) is 1. The first kappa shape index (κ1) is 14.0. The number of aryl methyl sites for hydroxylation is 2. The zero-order valence-electron chi connectivity index (χ0n) is 11.7. The van der Waals surface area contributed by atoms with E-state index < -0.39 is 0 Å². The molecule has 1 aliphatic carbocycles. The van der Waals surface area contributed by atoms with Gasteiger partial charge in [-0.1, -0.05) is 12.8 Å². The van der Waals surface area contributed by atoms with Gasteiger partial charge < -0.3 is 10.1 Å². The Morgan fingerprint density at radius 1 is 1.39 bits per heavy atom. The quantitative estimate of drug-likeness (QED) is 0.803. The minimum atomic E-state index is 0.321. The highest BCUT2D eigenvalue weighted by atomic mass is 32.1. The Morgan fingerprint density at radius 3 is 2.72 bits per heavy atom. The molecule has 1 atom stereocenters. The molecule has 1 aromatic heterocycles. The van der Waals surface area contributed by atoms with Gasteiger partial charge in [0.05, 0.1) is 23.4 Å². The lowest BCUT2D eigenvalue weighted by Gasteiger charge is -2.15. The summed E-state index contributed by atoms with van der Waals surface area (Å²) in [5, 5.41) is 4.65. The second-order valence-corrected chi connectivity index (χ2v) is 6.53. The third kappa shape index (κ3) is 3.77. The van der Waals surface area contributed by atoms with Crippen LogP contribution in [0.3, 0.4) is 0 Å². The summed E-state index contributed by atoms with van der Waals surface area (Å²) in [5.74, 6) is 0. The SMILES string of the molecule is Cc1nc(C(C)NCCOC2CCCC2)c(C)s1. The highest BCUT2D eigenvalue weighted by Gasteiger charge is 2.15. The third-order valence-electron chi connectivity index (χ3n) is 3.56. The molecule has 0 spiro atoms. The van der Waals surface area contributed by atoms with Gasteiger partial charge in [-0.05, 0) is 33.6 Å². The Bertz CT molecular complexity index is 372. The lowest BCUT2D eigenvalue weighted by molar-refractivity contribution is 0.0593. The van der Waals surface area contributed by atoms with Crippen molar-refractivity contribution < 1.29 is 4.74 Å². The van der Waals surface area contributed by atoms with Gasteiger partial charge in [-0.25, -0.2) is 4.98 Å². The van der Waals surface area contributed by atoms with Gasteiger partial charge in [0.25, 0.3) is 0 Å². The average Bonchev–Trinajstić information content (AvgIpc) is 2.94. The van der Waals surface area contributed by atoms with Crippen molar-refractivity contribution in [2.45, 2.75) is 58.6 Å². The summed E-state index contributed by atoms with van der Waals surface area (Å²) >= 11 is 1.77. The van der Waals surface area contributed by atoms with E-state index in [1.165, 1.54) is 36.3 Å². The van der Waals surface area contributed by atoms with Crippen LogP contribution < -0.4 is 5.32 Å². The Balaban J connectivity index is 1.68. The molecule has 18 heavy (non-hydrogen) atoms. The summed E-state index contributed by atoms with van der Waals surface area (Å²) in [6.07, 6.45) is 5.70. The number of nitrogens with one attached hydrogen (secondary N) is 1. The molecule has 0 aliphatic heterocycles. The average molecular weight is 268 g/mol. The number of hydrogen-bond donors (Lipinski definition) is 1. The summed E-state index contributed by atoms with van der Waals surface area (Å²) in [4.78, 5) is 5.90. The molecule has 1 heterocycles. The van der Waals surface area contributed by atoms with E-state index in [2.05, 4.69) is 31.1 Å². The molecule has 1 unspecified atom stereocenters. The predicted octanol–water partition coefficient (Wildman–Crippen LogP) is 3.37. The van der Waals surface area contributed by atoms with Crippen LogP contribution in [0, 0.1) is 13.8 Å². The maximum atomic E-state index is 5.84. The van der Waals surface area contributed by atoms with Gasteiger partial charge in [-0.2, -0.15) is 0 Å². The van der Waals surface area contributed by atoms with E-state index >= 15 is 0 Å². The molecule has 1 fully saturated rings. The predicted molar refractivity (Wildman–Crippen MR) is 76.2 cm³/mol. The van der Waals surface area contributed by atoms with Gasteiger partial charge >= 0.3 is 0 Å². The fourth-order valence-electron chi connectivity index (χ4n) is 2.60. The van der Waals surface area contributed by atoms with Crippen molar-refractivity contribution in [3.63, 3.8) is 0 Å². The van der Waals surface area contributed by atoms with Gasteiger partial charge in [0.2, 0.25) is 0 Å². The minimum absolute atomic E-state index is 0.321. The van der Waals surface area contributed by atoms with E-state index in [9.17, 15) is 0 Å². The zero-order valence-corrected chi connectivity index (χ0v) is 12.5. The van der Waals surface area contributed by atoms with Crippen LogP contribution in [0.4, 0.5) is 0 Å². The normalized spacial score (nSPS) is 18.4. The maximum absolute atomic E-state index is 5.84. The highest BCUT2D eigenvalue weighted by Crippen LogP contribution is 2.22. The van der Waals surface area contributed by atoms with Gasteiger partial charge in [-0.3, -0.25) is 0 Å². The maximum Gasteiger partial charge on any atom is 0.0900 e. The molecule has 0 amide bonds. The van der Waals surface area contributed by atoms with Crippen molar-refractivity contribution >= 4 is 11.3 Å². The van der Waals surface area contributed by atoms with Crippen LogP contribution in [-0.4, -0.2) is 24.2 Å².